The van der Waals surface area contributed by atoms with Crippen LogP contribution in [0.2, 0.25) is 0 Å². The Bertz CT molecular complexity index is 948. The molecule has 5 nitrogen and oxygen atoms in total. The first-order valence-electron chi connectivity index (χ1n) is 10.0. The second-order valence-corrected chi connectivity index (χ2v) is 6.88. The van der Waals surface area contributed by atoms with Crippen LogP contribution in [-0.2, 0) is 31.0 Å². The third-order valence-electron chi connectivity index (χ3n) is 4.75. The van der Waals surface area contributed by atoms with Gasteiger partial charge in [-0.15, -0.1) is 24.0 Å². The largest absolute Gasteiger partial charge is 0.497 e. The molecule has 0 saturated heterocycles. The molecule has 31 heavy (non-hydrogen) atoms. The van der Waals surface area contributed by atoms with Crippen LogP contribution in [0.3, 0.4) is 0 Å². The number of benzene rings is 3. The quantitative estimate of drug-likeness (QED) is 0.235. The molecule has 0 fully saturated rings. The number of guanidine groups is 1. The van der Waals surface area contributed by atoms with Gasteiger partial charge in [-0.1, -0.05) is 66.7 Å². The summed E-state index contributed by atoms with van der Waals surface area (Å²) < 4.78 is 11.2. The highest BCUT2D eigenvalue weighted by molar-refractivity contribution is 14.0. The number of nitrogens with zero attached hydrogens (tertiary/aromatic N) is 1. The van der Waals surface area contributed by atoms with Gasteiger partial charge in [0, 0.05) is 20.1 Å². The normalized spacial score (nSPS) is 10.8. The van der Waals surface area contributed by atoms with Gasteiger partial charge in [-0.25, -0.2) is 0 Å². The topological polar surface area (TPSA) is 54.9 Å². The zero-order valence-electron chi connectivity index (χ0n) is 18.0. The number of hydrogen-bond acceptors (Lipinski definition) is 3. The zero-order valence-corrected chi connectivity index (χ0v) is 20.3. The van der Waals surface area contributed by atoms with Crippen molar-refractivity contribution in [3.8, 4) is 5.75 Å². The molecular weight excluding hydrogens is 501 g/mol. The molecule has 0 spiro atoms. The number of halogens is 1. The minimum atomic E-state index is 0. The van der Waals surface area contributed by atoms with Crippen molar-refractivity contribution < 1.29 is 9.47 Å². The molecule has 0 aliphatic rings. The Hall–Kier alpha value is -2.58. The van der Waals surface area contributed by atoms with Crippen molar-refractivity contribution in [2.45, 2.75) is 26.3 Å². The summed E-state index contributed by atoms with van der Waals surface area (Å²) in [5, 5.41) is 6.73. The van der Waals surface area contributed by atoms with E-state index in [1.807, 2.05) is 48.5 Å². The Morgan fingerprint density at radius 2 is 1.45 bits per heavy atom. The number of methoxy groups -OCH3 is 1. The van der Waals surface area contributed by atoms with Crippen LogP contribution in [0.15, 0.2) is 83.9 Å². The summed E-state index contributed by atoms with van der Waals surface area (Å²) in [4.78, 5) is 4.32. The average molecular weight is 531 g/mol. The highest BCUT2D eigenvalue weighted by atomic mass is 127. The lowest BCUT2D eigenvalue weighted by atomic mass is 10.1. The molecule has 6 heteroatoms. The maximum atomic E-state index is 5.92. The number of nitrogens with one attached hydrogen (secondary N) is 2. The zero-order chi connectivity index (χ0) is 21.0. The van der Waals surface area contributed by atoms with Gasteiger partial charge in [-0.2, -0.15) is 0 Å². The number of aliphatic imine (C=N–C) groups is 1. The van der Waals surface area contributed by atoms with Gasteiger partial charge < -0.3 is 20.1 Å². The SMILES string of the molecule is CN=C(NCc1cccc(OC)c1)NCc1ccccc1COCc1ccccc1.I. The molecule has 0 amide bonds. The monoisotopic (exact) mass is 531 g/mol. The molecule has 0 saturated carbocycles. The molecule has 3 aromatic rings. The Morgan fingerprint density at radius 1 is 0.774 bits per heavy atom. The molecule has 0 aliphatic heterocycles. The predicted octanol–water partition coefficient (Wildman–Crippen LogP) is 4.90. The second kappa shape index (κ2) is 13.7. The van der Waals surface area contributed by atoms with Gasteiger partial charge in [0.2, 0.25) is 0 Å². The van der Waals surface area contributed by atoms with Crippen LogP contribution >= 0.6 is 24.0 Å². The lowest BCUT2D eigenvalue weighted by Gasteiger charge is -2.15. The van der Waals surface area contributed by atoms with Crippen LogP contribution in [0, 0.1) is 0 Å². The van der Waals surface area contributed by atoms with Gasteiger partial charge in [-0.05, 0) is 34.4 Å². The van der Waals surface area contributed by atoms with E-state index < -0.39 is 0 Å². The van der Waals surface area contributed by atoms with Crippen LogP contribution in [-0.4, -0.2) is 20.1 Å². The molecule has 0 aromatic heterocycles. The molecule has 0 unspecified atom stereocenters. The Labute approximate surface area is 201 Å². The van der Waals surface area contributed by atoms with Gasteiger partial charge in [0.1, 0.15) is 5.75 Å². The fourth-order valence-electron chi connectivity index (χ4n) is 3.09. The maximum absolute atomic E-state index is 5.92. The molecule has 0 bridgehead atoms. The highest BCUT2D eigenvalue weighted by Crippen LogP contribution is 2.13. The molecule has 0 radical (unpaired) electrons. The molecule has 0 aliphatic carbocycles. The molecule has 3 rings (SSSR count). The highest BCUT2D eigenvalue weighted by Gasteiger charge is 2.05. The van der Waals surface area contributed by atoms with Crippen molar-refractivity contribution in [1.29, 1.82) is 0 Å². The predicted molar refractivity (Wildman–Crippen MR) is 137 cm³/mol. The van der Waals surface area contributed by atoms with Crippen molar-refractivity contribution in [2.75, 3.05) is 14.2 Å². The van der Waals surface area contributed by atoms with Crippen molar-refractivity contribution in [2.24, 2.45) is 4.99 Å². The van der Waals surface area contributed by atoms with Gasteiger partial charge in [0.25, 0.3) is 0 Å². The van der Waals surface area contributed by atoms with Gasteiger partial charge >= 0.3 is 0 Å². The molecule has 0 heterocycles. The van der Waals surface area contributed by atoms with E-state index in [2.05, 4.69) is 46.0 Å². The molecule has 0 atom stereocenters. The van der Waals surface area contributed by atoms with Crippen molar-refractivity contribution in [3.63, 3.8) is 0 Å². The second-order valence-electron chi connectivity index (χ2n) is 6.88. The van der Waals surface area contributed by atoms with Crippen LogP contribution in [0.1, 0.15) is 22.3 Å². The first-order chi connectivity index (χ1) is 14.8. The average Bonchev–Trinajstić information content (AvgIpc) is 2.81. The first-order valence-corrected chi connectivity index (χ1v) is 10.0. The third-order valence-corrected chi connectivity index (χ3v) is 4.75. The Kier molecular flexibility index (Phi) is 10.9. The summed E-state index contributed by atoms with van der Waals surface area (Å²) >= 11 is 0. The number of hydrogen-bond donors (Lipinski definition) is 2. The van der Waals surface area contributed by atoms with E-state index in [0.29, 0.717) is 26.3 Å². The fraction of sp³-hybridized carbons (Fsp3) is 0.240. The van der Waals surface area contributed by atoms with Crippen molar-refractivity contribution in [1.82, 2.24) is 10.6 Å². The van der Waals surface area contributed by atoms with Crippen LogP contribution < -0.4 is 15.4 Å². The van der Waals surface area contributed by atoms with E-state index in [1.54, 1.807) is 14.2 Å². The Morgan fingerprint density at radius 3 is 2.19 bits per heavy atom. The first kappa shape index (κ1) is 24.7. The van der Waals surface area contributed by atoms with E-state index >= 15 is 0 Å². The number of ether oxygens (including phenoxy) is 2. The van der Waals surface area contributed by atoms with Gasteiger partial charge in [0.05, 0.1) is 20.3 Å². The molecule has 2 N–H and O–H groups in total. The van der Waals surface area contributed by atoms with Crippen molar-refractivity contribution >= 4 is 29.9 Å². The Balaban J connectivity index is 0.00000341. The van der Waals surface area contributed by atoms with E-state index in [-0.39, 0.29) is 24.0 Å². The standard InChI is InChI=1S/C25H29N3O2.HI/c1-26-25(27-16-21-11-8-14-24(15-21)29-2)28-17-22-12-6-7-13-23(22)19-30-18-20-9-4-3-5-10-20;/h3-15H,16-19H2,1-2H3,(H2,26,27,28);1H. The molecule has 3 aromatic carbocycles. The van der Waals surface area contributed by atoms with Crippen LogP contribution in [0.5, 0.6) is 5.75 Å². The van der Waals surface area contributed by atoms with E-state index in [9.17, 15) is 0 Å². The summed E-state index contributed by atoms with van der Waals surface area (Å²) in [6, 6.07) is 26.5. The molecule has 164 valence electrons. The van der Waals surface area contributed by atoms with Gasteiger partial charge in [-0.3, -0.25) is 4.99 Å². The summed E-state index contributed by atoms with van der Waals surface area (Å²) in [6.07, 6.45) is 0. The van der Waals surface area contributed by atoms with E-state index in [0.717, 1.165) is 17.3 Å². The van der Waals surface area contributed by atoms with Gasteiger partial charge in [0.15, 0.2) is 5.96 Å². The summed E-state index contributed by atoms with van der Waals surface area (Å²) in [5.41, 5.74) is 4.67. The smallest absolute Gasteiger partial charge is 0.191 e. The third kappa shape index (κ3) is 8.22. The maximum Gasteiger partial charge on any atom is 0.191 e. The summed E-state index contributed by atoms with van der Waals surface area (Å²) in [7, 11) is 3.45. The minimum absolute atomic E-state index is 0. The summed E-state index contributed by atoms with van der Waals surface area (Å²) in [6.45, 7) is 2.51. The summed E-state index contributed by atoms with van der Waals surface area (Å²) in [5.74, 6) is 1.60. The fourth-order valence-corrected chi connectivity index (χ4v) is 3.09. The van der Waals surface area contributed by atoms with Crippen molar-refractivity contribution in [3.05, 3.63) is 101 Å². The van der Waals surface area contributed by atoms with Crippen LogP contribution in [0.4, 0.5) is 0 Å². The lowest BCUT2D eigenvalue weighted by molar-refractivity contribution is 0.106. The number of rotatable bonds is 9. The van der Waals surface area contributed by atoms with E-state index in [1.165, 1.54) is 16.7 Å². The molecular formula is C25H30IN3O2. The van der Waals surface area contributed by atoms with Crippen LogP contribution in [0.25, 0.3) is 0 Å². The van der Waals surface area contributed by atoms with E-state index in [4.69, 9.17) is 9.47 Å². The lowest BCUT2D eigenvalue weighted by Crippen LogP contribution is -2.36. The minimum Gasteiger partial charge on any atom is -0.497 e.